The van der Waals surface area contributed by atoms with Crippen LogP contribution in [0.1, 0.15) is 91.5 Å². The molecule has 15 nitrogen and oxygen atoms in total. The maximum atomic E-state index is 15.9. The molecule has 1 aromatic carbocycles. The fraction of sp³-hybridized carbons (Fsp3) is 0.583. The van der Waals surface area contributed by atoms with E-state index in [9.17, 15) is 19.2 Å². The van der Waals surface area contributed by atoms with Gasteiger partial charge in [0.05, 0.1) is 19.0 Å². The van der Waals surface area contributed by atoms with Crippen LogP contribution in [-0.2, 0) is 22.6 Å². The van der Waals surface area contributed by atoms with Crippen LogP contribution in [0.15, 0.2) is 29.0 Å². The predicted molar refractivity (Wildman–Crippen MR) is 189 cm³/mol. The van der Waals surface area contributed by atoms with Gasteiger partial charge in [0.2, 0.25) is 11.8 Å². The number of hydrogen-bond acceptors (Lipinski definition) is 10. The quantitative estimate of drug-likeness (QED) is 0.237. The van der Waals surface area contributed by atoms with E-state index in [-0.39, 0.29) is 34.6 Å². The lowest BCUT2D eigenvalue weighted by Crippen LogP contribution is -2.56. The first-order chi connectivity index (χ1) is 24.9. The molecule has 52 heavy (non-hydrogen) atoms. The number of anilines is 1. The minimum atomic E-state index is -1.05. The molecule has 2 aliphatic rings. The molecular formula is C36H50FN9O6. The Labute approximate surface area is 302 Å². The van der Waals surface area contributed by atoms with E-state index in [4.69, 9.17) is 9.37 Å². The summed E-state index contributed by atoms with van der Waals surface area (Å²) in [6.45, 7) is 10.3. The number of methoxy groups -OCH3 is 1. The van der Waals surface area contributed by atoms with Crippen LogP contribution >= 0.6 is 0 Å². The second kappa shape index (κ2) is 17.1. The normalized spacial score (nSPS) is 19.7. The van der Waals surface area contributed by atoms with Gasteiger partial charge in [0.15, 0.2) is 17.1 Å². The summed E-state index contributed by atoms with van der Waals surface area (Å²) < 4.78 is 27.5. The van der Waals surface area contributed by atoms with Gasteiger partial charge in [-0.15, -0.1) is 0 Å². The monoisotopic (exact) mass is 723 g/mol. The molecule has 3 heterocycles. The zero-order valence-electron chi connectivity index (χ0n) is 30.8. The van der Waals surface area contributed by atoms with Crippen LogP contribution in [0.3, 0.4) is 0 Å². The molecule has 2 aromatic heterocycles. The largest absolute Gasteiger partial charge is 0.493 e. The number of piperazine rings is 1. The van der Waals surface area contributed by atoms with E-state index in [1.807, 2.05) is 20.9 Å². The Hall–Kier alpha value is -4.86. The van der Waals surface area contributed by atoms with E-state index in [0.29, 0.717) is 56.3 Å². The van der Waals surface area contributed by atoms with E-state index in [0.717, 1.165) is 25.7 Å². The number of rotatable bonds is 13. The average molecular weight is 724 g/mol. The number of carbonyl (C=O) groups excluding carboxylic acids is 4. The van der Waals surface area contributed by atoms with Crippen molar-refractivity contribution in [3.63, 3.8) is 0 Å². The van der Waals surface area contributed by atoms with Crippen molar-refractivity contribution in [3.05, 3.63) is 52.9 Å². The molecular weight excluding hydrogens is 673 g/mol. The zero-order chi connectivity index (χ0) is 37.5. The number of amides is 4. The summed E-state index contributed by atoms with van der Waals surface area (Å²) in [6.07, 6.45) is 5.10. The van der Waals surface area contributed by atoms with Crippen LogP contribution in [0.4, 0.5) is 10.1 Å². The van der Waals surface area contributed by atoms with Gasteiger partial charge in [0, 0.05) is 38.6 Å². The van der Waals surface area contributed by atoms with Gasteiger partial charge in [0.25, 0.3) is 11.8 Å². The number of ether oxygens (including phenoxy) is 1. The minimum absolute atomic E-state index is 0.0133. The maximum absolute atomic E-state index is 15.9. The molecule has 3 atom stereocenters. The van der Waals surface area contributed by atoms with Gasteiger partial charge in [-0.05, 0) is 67.9 Å². The highest BCUT2D eigenvalue weighted by molar-refractivity contribution is 6.01. The molecule has 0 unspecified atom stereocenters. The Morgan fingerprint density at radius 2 is 1.73 bits per heavy atom. The lowest BCUT2D eigenvalue weighted by molar-refractivity contribution is -0.135. The summed E-state index contributed by atoms with van der Waals surface area (Å²) in [5.41, 5.74) is 0.928. The lowest BCUT2D eigenvalue weighted by Gasteiger charge is -2.36. The van der Waals surface area contributed by atoms with Gasteiger partial charge in [-0.1, -0.05) is 44.8 Å². The molecule has 1 aliphatic carbocycles. The van der Waals surface area contributed by atoms with E-state index in [1.54, 1.807) is 17.9 Å². The number of hydrogen-bond donors (Lipinski definition) is 3. The zero-order valence-corrected chi connectivity index (χ0v) is 30.8. The number of aromatic nitrogens is 4. The van der Waals surface area contributed by atoms with E-state index in [1.165, 1.54) is 30.1 Å². The summed E-state index contributed by atoms with van der Waals surface area (Å²) in [4.78, 5) is 58.6. The Kier molecular flexibility index (Phi) is 12.6. The predicted octanol–water partition coefficient (Wildman–Crippen LogP) is 3.24. The molecule has 0 radical (unpaired) electrons. The van der Waals surface area contributed by atoms with Crippen molar-refractivity contribution in [1.29, 1.82) is 0 Å². The van der Waals surface area contributed by atoms with Crippen molar-refractivity contribution in [2.45, 2.75) is 84.3 Å². The van der Waals surface area contributed by atoms with Crippen molar-refractivity contribution in [1.82, 2.24) is 40.5 Å². The average Bonchev–Trinajstić information content (AvgIpc) is 3.81. The van der Waals surface area contributed by atoms with E-state index >= 15 is 4.39 Å². The van der Waals surface area contributed by atoms with Gasteiger partial charge in [-0.25, -0.2) is 9.02 Å². The standard InChI is InChI=1S/C36H50FN9O6/c1-7-26-31(43-52-42-26)34(48)41-30(23-11-9-21(3)10-12-23)33(47)39-27-14-13-24(19-25(27)37)22(4)29(36(50)45-17-15-44(5)16-18-45)40-35(49)32-28(51-6)20-38-46(32)8-2/h13-14,19-23,29-30H,7-12,15-18H2,1-6H3,(H,39,47)(H,40,49)(H,41,48)/t21-,22-,23-,29+,30-/m1/s1. The summed E-state index contributed by atoms with van der Waals surface area (Å²) in [5, 5.41) is 20.1. The topological polar surface area (TPSA) is 177 Å². The molecule has 1 saturated carbocycles. The number of benzene rings is 1. The fourth-order valence-electron chi connectivity index (χ4n) is 6.98. The molecule has 0 bridgehead atoms. The molecule has 0 spiro atoms. The van der Waals surface area contributed by atoms with Crippen LogP contribution in [0.25, 0.3) is 0 Å². The third kappa shape index (κ3) is 8.60. The molecule has 5 rings (SSSR count). The van der Waals surface area contributed by atoms with E-state index < -0.39 is 41.5 Å². The second-order valence-corrected chi connectivity index (χ2v) is 13.9. The van der Waals surface area contributed by atoms with Crippen LogP contribution in [-0.4, -0.2) is 106 Å². The molecule has 282 valence electrons. The molecule has 4 amide bonds. The number of carbonyl (C=O) groups is 4. The first-order valence-corrected chi connectivity index (χ1v) is 18.1. The van der Waals surface area contributed by atoms with E-state index in [2.05, 4.69) is 43.2 Å². The molecule has 1 saturated heterocycles. The molecule has 16 heteroatoms. The number of likely N-dealkylation sites (N-methyl/N-ethyl adjacent to an activating group) is 1. The second-order valence-electron chi connectivity index (χ2n) is 13.9. The first-order valence-electron chi connectivity index (χ1n) is 18.1. The minimum Gasteiger partial charge on any atom is -0.493 e. The highest BCUT2D eigenvalue weighted by atomic mass is 19.1. The summed E-state index contributed by atoms with van der Waals surface area (Å²) in [7, 11) is 3.42. The summed E-state index contributed by atoms with van der Waals surface area (Å²) >= 11 is 0. The third-order valence-electron chi connectivity index (χ3n) is 10.4. The molecule has 3 N–H and O–H groups in total. The summed E-state index contributed by atoms with van der Waals surface area (Å²) in [5.74, 6) is -2.76. The first kappa shape index (κ1) is 38.4. The third-order valence-corrected chi connectivity index (χ3v) is 10.4. The van der Waals surface area contributed by atoms with Crippen molar-refractivity contribution in [2.75, 3.05) is 45.7 Å². The lowest BCUT2D eigenvalue weighted by atomic mass is 9.79. The highest BCUT2D eigenvalue weighted by Gasteiger charge is 2.36. The Bertz CT molecular complexity index is 1710. The SMILES string of the molecule is CCc1nonc1C(=O)N[C@@H](C(=O)Nc1ccc([C@@H](C)[C@H](NC(=O)c2c(OC)cnn2CC)C(=O)N2CCN(C)CC2)cc1F)[C@H]1CC[C@H](C)CC1. The van der Waals surface area contributed by atoms with Gasteiger partial charge in [0.1, 0.15) is 23.6 Å². The van der Waals surface area contributed by atoms with Gasteiger partial charge >= 0.3 is 0 Å². The Balaban J connectivity index is 1.37. The maximum Gasteiger partial charge on any atom is 0.276 e. The van der Waals surface area contributed by atoms with Crippen molar-refractivity contribution >= 4 is 29.3 Å². The molecule has 1 aliphatic heterocycles. The van der Waals surface area contributed by atoms with Gasteiger partial charge in [-0.3, -0.25) is 23.9 Å². The molecule has 2 fully saturated rings. The van der Waals surface area contributed by atoms with Crippen LogP contribution in [0.2, 0.25) is 0 Å². The number of nitrogens with one attached hydrogen (secondary N) is 3. The van der Waals surface area contributed by atoms with Crippen molar-refractivity contribution in [3.8, 4) is 5.75 Å². The van der Waals surface area contributed by atoms with Crippen LogP contribution < -0.4 is 20.7 Å². The highest BCUT2D eigenvalue weighted by Crippen LogP contribution is 2.32. The number of nitrogens with zero attached hydrogens (tertiary/aromatic N) is 6. The van der Waals surface area contributed by atoms with Gasteiger partial charge in [-0.2, -0.15) is 5.10 Å². The Morgan fingerprint density at radius 3 is 2.37 bits per heavy atom. The van der Waals surface area contributed by atoms with Gasteiger partial charge < -0.3 is 30.5 Å². The van der Waals surface area contributed by atoms with Crippen molar-refractivity contribution < 1.29 is 32.9 Å². The molecule has 3 aromatic rings. The van der Waals surface area contributed by atoms with Crippen molar-refractivity contribution in [2.24, 2.45) is 11.8 Å². The van der Waals surface area contributed by atoms with Crippen LogP contribution in [0, 0.1) is 17.7 Å². The number of halogens is 1. The van der Waals surface area contributed by atoms with Crippen LogP contribution in [0.5, 0.6) is 5.75 Å². The fourth-order valence-corrected chi connectivity index (χ4v) is 6.98. The number of aryl methyl sites for hydroxylation is 2. The Morgan fingerprint density at radius 1 is 1.02 bits per heavy atom. The smallest absolute Gasteiger partial charge is 0.276 e. The summed E-state index contributed by atoms with van der Waals surface area (Å²) in [6, 6.07) is 2.33.